The third-order valence-electron chi connectivity index (χ3n) is 4.32. The van der Waals surface area contributed by atoms with Crippen LogP contribution in [-0.2, 0) is 12.1 Å². The van der Waals surface area contributed by atoms with E-state index in [0.29, 0.717) is 18.7 Å². The van der Waals surface area contributed by atoms with E-state index >= 15 is 0 Å². The van der Waals surface area contributed by atoms with Crippen LogP contribution in [0.5, 0.6) is 0 Å². The minimum absolute atomic E-state index is 0.0246. The molecule has 2 aromatic rings. The summed E-state index contributed by atoms with van der Waals surface area (Å²) >= 11 is 0. The van der Waals surface area contributed by atoms with Crippen molar-refractivity contribution >= 4 is 0 Å². The fourth-order valence-electron chi connectivity index (χ4n) is 3.04. The van der Waals surface area contributed by atoms with E-state index in [4.69, 9.17) is 0 Å². The first-order valence-electron chi connectivity index (χ1n) is 7.43. The molecule has 1 aliphatic rings. The van der Waals surface area contributed by atoms with Crippen LogP contribution >= 0.6 is 0 Å². The van der Waals surface area contributed by atoms with Gasteiger partial charge in [0.25, 0.3) is 5.92 Å². The molecule has 116 valence electrons. The van der Waals surface area contributed by atoms with Gasteiger partial charge in [-0.25, -0.2) is 8.78 Å². The van der Waals surface area contributed by atoms with Crippen LogP contribution in [0.2, 0.25) is 0 Å². The molecule has 1 fully saturated rings. The van der Waals surface area contributed by atoms with Gasteiger partial charge in [-0.05, 0) is 17.5 Å². The van der Waals surface area contributed by atoms with E-state index in [-0.39, 0.29) is 6.42 Å². The smallest absolute Gasteiger partial charge is 0.292 e. The number of likely N-dealkylation sites (tertiary alicyclic amines) is 1. The molecule has 0 radical (unpaired) electrons. The first-order chi connectivity index (χ1) is 10.5. The van der Waals surface area contributed by atoms with Crippen LogP contribution in [0.25, 0.3) is 0 Å². The number of aliphatic hydroxyl groups is 1. The zero-order chi connectivity index (χ0) is 15.6. The summed E-state index contributed by atoms with van der Waals surface area (Å²) in [5.74, 6) is -3.18. The summed E-state index contributed by atoms with van der Waals surface area (Å²) in [5, 5.41) is 10.6. The lowest BCUT2D eigenvalue weighted by Crippen LogP contribution is -2.58. The van der Waals surface area contributed by atoms with Crippen LogP contribution in [0, 0.1) is 0 Å². The van der Waals surface area contributed by atoms with Crippen molar-refractivity contribution in [2.24, 2.45) is 0 Å². The van der Waals surface area contributed by atoms with Crippen LogP contribution in [0.1, 0.15) is 17.5 Å². The average Bonchev–Trinajstić information content (AvgIpc) is 2.53. The number of halogens is 2. The molecular formula is C18H19F2NO. The van der Waals surface area contributed by atoms with Gasteiger partial charge in [0.1, 0.15) is 0 Å². The van der Waals surface area contributed by atoms with Crippen molar-refractivity contribution < 1.29 is 13.9 Å². The molecule has 2 nitrogen and oxygen atoms in total. The molecule has 0 aliphatic carbocycles. The highest BCUT2D eigenvalue weighted by molar-refractivity contribution is 5.26. The van der Waals surface area contributed by atoms with E-state index in [2.05, 4.69) is 0 Å². The molecule has 0 saturated carbocycles. The Hall–Kier alpha value is -1.78. The molecule has 22 heavy (non-hydrogen) atoms. The zero-order valence-corrected chi connectivity index (χ0v) is 12.3. The van der Waals surface area contributed by atoms with Gasteiger partial charge < -0.3 is 5.11 Å². The van der Waals surface area contributed by atoms with Crippen molar-refractivity contribution in [3.05, 3.63) is 71.8 Å². The van der Waals surface area contributed by atoms with E-state index in [0.717, 1.165) is 5.56 Å². The lowest BCUT2D eigenvalue weighted by Gasteiger charge is -2.44. The number of hydrogen-bond donors (Lipinski definition) is 1. The molecule has 1 saturated heterocycles. The van der Waals surface area contributed by atoms with E-state index in [1.807, 2.05) is 30.3 Å². The molecule has 0 aromatic heterocycles. The van der Waals surface area contributed by atoms with Crippen molar-refractivity contribution in [3.8, 4) is 0 Å². The molecular weight excluding hydrogens is 284 g/mol. The van der Waals surface area contributed by atoms with Crippen LogP contribution in [0.4, 0.5) is 8.78 Å². The molecule has 4 heteroatoms. The quantitative estimate of drug-likeness (QED) is 0.939. The van der Waals surface area contributed by atoms with Gasteiger partial charge >= 0.3 is 0 Å². The SMILES string of the molecule is O[C@@]1(c2ccccc2)CCN(Cc2ccccc2)CC1(F)F. The maximum Gasteiger partial charge on any atom is 0.292 e. The fourth-order valence-corrected chi connectivity index (χ4v) is 3.04. The molecule has 0 unspecified atom stereocenters. The van der Waals surface area contributed by atoms with Crippen LogP contribution < -0.4 is 0 Å². The van der Waals surface area contributed by atoms with Gasteiger partial charge in [0, 0.05) is 13.1 Å². The van der Waals surface area contributed by atoms with Gasteiger partial charge in [0.2, 0.25) is 0 Å². The Balaban J connectivity index is 1.77. The summed E-state index contributed by atoms with van der Waals surface area (Å²) in [7, 11) is 0. The molecule has 3 rings (SSSR count). The summed E-state index contributed by atoms with van der Waals surface area (Å²) in [6, 6.07) is 17.8. The van der Waals surface area contributed by atoms with Gasteiger partial charge in [0.15, 0.2) is 5.60 Å². The lowest BCUT2D eigenvalue weighted by molar-refractivity contribution is -0.223. The number of rotatable bonds is 3. The maximum absolute atomic E-state index is 14.6. The second-order valence-electron chi connectivity index (χ2n) is 5.88. The van der Waals surface area contributed by atoms with Crippen molar-refractivity contribution in [1.82, 2.24) is 4.90 Å². The monoisotopic (exact) mass is 303 g/mol. The third-order valence-corrected chi connectivity index (χ3v) is 4.32. The first-order valence-corrected chi connectivity index (χ1v) is 7.43. The Labute approximate surface area is 129 Å². The maximum atomic E-state index is 14.6. The molecule has 2 aromatic carbocycles. The van der Waals surface area contributed by atoms with Gasteiger partial charge in [-0.3, -0.25) is 4.90 Å². The van der Waals surface area contributed by atoms with E-state index < -0.39 is 18.1 Å². The highest BCUT2D eigenvalue weighted by atomic mass is 19.3. The Bertz CT molecular complexity index is 617. The summed E-state index contributed by atoms with van der Waals surface area (Å²) in [5.41, 5.74) is -0.788. The Kier molecular flexibility index (Phi) is 3.98. The van der Waals surface area contributed by atoms with Gasteiger partial charge in [0.05, 0.1) is 6.54 Å². The summed E-state index contributed by atoms with van der Waals surface area (Å²) in [6.07, 6.45) is 0.0246. The van der Waals surface area contributed by atoms with Gasteiger partial charge in [-0.15, -0.1) is 0 Å². The van der Waals surface area contributed by atoms with Crippen molar-refractivity contribution in [2.75, 3.05) is 13.1 Å². The zero-order valence-electron chi connectivity index (χ0n) is 12.3. The first kappa shape index (κ1) is 15.1. The summed E-state index contributed by atoms with van der Waals surface area (Å²) in [4.78, 5) is 1.70. The van der Waals surface area contributed by atoms with Crippen LogP contribution in [-0.4, -0.2) is 29.0 Å². The Morgan fingerprint density at radius 1 is 0.955 bits per heavy atom. The van der Waals surface area contributed by atoms with Crippen molar-refractivity contribution in [3.63, 3.8) is 0 Å². The highest BCUT2D eigenvalue weighted by Gasteiger charge is 2.56. The van der Waals surface area contributed by atoms with E-state index in [1.54, 1.807) is 35.2 Å². The second-order valence-corrected chi connectivity index (χ2v) is 5.88. The summed E-state index contributed by atoms with van der Waals surface area (Å²) in [6.45, 7) is 0.477. The van der Waals surface area contributed by atoms with Crippen LogP contribution in [0.15, 0.2) is 60.7 Å². The highest BCUT2D eigenvalue weighted by Crippen LogP contribution is 2.44. The standard InChI is InChI=1S/C18H19F2NO/c19-18(20)14-21(13-15-7-3-1-4-8-15)12-11-17(18,22)16-9-5-2-6-10-16/h1-10,22H,11-14H2/t17-/m1/s1. The molecule has 0 spiro atoms. The Morgan fingerprint density at radius 2 is 1.55 bits per heavy atom. The molecule has 1 atom stereocenters. The molecule has 0 amide bonds. The number of piperidine rings is 1. The molecule has 1 heterocycles. The predicted octanol–water partition coefficient (Wildman–Crippen LogP) is 3.42. The van der Waals surface area contributed by atoms with Crippen LogP contribution in [0.3, 0.4) is 0 Å². The largest absolute Gasteiger partial charge is 0.379 e. The average molecular weight is 303 g/mol. The number of benzene rings is 2. The fraction of sp³-hybridized carbons (Fsp3) is 0.333. The number of alkyl halides is 2. The molecule has 1 N–H and O–H groups in total. The normalized spacial score (nSPS) is 25.0. The lowest BCUT2D eigenvalue weighted by atomic mass is 9.81. The van der Waals surface area contributed by atoms with E-state index in [9.17, 15) is 13.9 Å². The van der Waals surface area contributed by atoms with Gasteiger partial charge in [-0.1, -0.05) is 60.7 Å². The van der Waals surface area contributed by atoms with E-state index in [1.165, 1.54) is 0 Å². The van der Waals surface area contributed by atoms with Gasteiger partial charge in [-0.2, -0.15) is 0 Å². The number of hydrogen-bond acceptors (Lipinski definition) is 2. The molecule has 1 aliphatic heterocycles. The third kappa shape index (κ3) is 2.76. The topological polar surface area (TPSA) is 23.5 Å². The second kappa shape index (κ2) is 5.78. The molecule has 0 bridgehead atoms. The minimum atomic E-state index is -3.18. The summed E-state index contributed by atoms with van der Waals surface area (Å²) < 4.78 is 29.2. The predicted molar refractivity (Wildman–Crippen MR) is 81.6 cm³/mol. The van der Waals surface area contributed by atoms with Crippen molar-refractivity contribution in [1.29, 1.82) is 0 Å². The minimum Gasteiger partial charge on any atom is -0.379 e. The number of nitrogens with zero attached hydrogens (tertiary/aromatic N) is 1. The Morgan fingerprint density at radius 3 is 2.14 bits per heavy atom. The van der Waals surface area contributed by atoms with Crippen molar-refractivity contribution in [2.45, 2.75) is 24.5 Å².